The molecule has 17 heavy (non-hydrogen) atoms. The van der Waals surface area contributed by atoms with E-state index in [2.05, 4.69) is 5.32 Å². The average Bonchev–Trinajstić information content (AvgIpc) is 2.38. The van der Waals surface area contributed by atoms with Gasteiger partial charge in [-0.15, -0.1) is 0 Å². The van der Waals surface area contributed by atoms with Gasteiger partial charge in [-0.2, -0.15) is 0 Å². The highest BCUT2D eigenvalue weighted by atomic mass is 32.2. The predicted molar refractivity (Wildman–Crippen MR) is 68.8 cm³/mol. The minimum atomic E-state index is -1.12. The lowest BCUT2D eigenvalue weighted by atomic mass is 10.2. The summed E-state index contributed by atoms with van der Waals surface area (Å²) in [6, 6.07) is 7.35. The Bertz CT molecular complexity index is 371. The van der Waals surface area contributed by atoms with E-state index in [4.69, 9.17) is 9.84 Å². The second-order valence-electron chi connectivity index (χ2n) is 3.66. The Balaban J connectivity index is 2.75. The van der Waals surface area contributed by atoms with Crippen molar-refractivity contribution in [1.29, 1.82) is 0 Å². The lowest BCUT2D eigenvalue weighted by Gasteiger charge is -2.15. The zero-order chi connectivity index (χ0) is 12.7. The van der Waals surface area contributed by atoms with Gasteiger partial charge in [-0.3, -0.25) is 4.21 Å². The highest BCUT2D eigenvalue weighted by Gasteiger charge is 2.15. The number of nitrogens with one attached hydrogen (secondary N) is 1. The van der Waals surface area contributed by atoms with Gasteiger partial charge in [0.15, 0.2) is 0 Å². The largest absolute Gasteiger partial charge is 0.495 e. The van der Waals surface area contributed by atoms with Crippen molar-refractivity contribution in [2.24, 2.45) is 0 Å². The molecule has 0 heterocycles. The molecule has 1 rings (SSSR count). The number of para-hydroxylation sites is 1. The van der Waals surface area contributed by atoms with Crippen molar-refractivity contribution in [3.8, 4) is 5.75 Å². The molecule has 0 bridgehead atoms. The van der Waals surface area contributed by atoms with Crippen LogP contribution in [0.15, 0.2) is 29.2 Å². The summed E-state index contributed by atoms with van der Waals surface area (Å²) in [5.41, 5.74) is 0. The summed E-state index contributed by atoms with van der Waals surface area (Å²) in [5, 5.41) is 11.9. The van der Waals surface area contributed by atoms with Crippen LogP contribution in [0.4, 0.5) is 0 Å². The van der Waals surface area contributed by atoms with E-state index in [1.807, 2.05) is 12.1 Å². The van der Waals surface area contributed by atoms with Crippen LogP contribution in [0, 0.1) is 0 Å². The summed E-state index contributed by atoms with van der Waals surface area (Å²) < 4.78 is 17.4. The van der Waals surface area contributed by atoms with Crippen LogP contribution in [0.25, 0.3) is 0 Å². The van der Waals surface area contributed by atoms with Gasteiger partial charge in [0.25, 0.3) is 0 Å². The maximum absolute atomic E-state index is 12.2. The van der Waals surface area contributed by atoms with E-state index in [-0.39, 0.29) is 12.6 Å². The first kappa shape index (κ1) is 14.2. The molecule has 1 aromatic carbocycles. The molecule has 2 atom stereocenters. The lowest BCUT2D eigenvalue weighted by Crippen LogP contribution is -2.32. The summed E-state index contributed by atoms with van der Waals surface area (Å²) >= 11 is 0. The van der Waals surface area contributed by atoms with Gasteiger partial charge in [0, 0.05) is 18.4 Å². The van der Waals surface area contributed by atoms with Gasteiger partial charge < -0.3 is 15.2 Å². The van der Waals surface area contributed by atoms with E-state index in [1.165, 1.54) is 0 Å². The monoisotopic (exact) mass is 257 g/mol. The SMILES string of the molecule is CNC(CCO)CS(=O)c1ccccc1OC. The van der Waals surface area contributed by atoms with Crippen molar-refractivity contribution in [2.45, 2.75) is 17.4 Å². The molecule has 0 aliphatic carbocycles. The summed E-state index contributed by atoms with van der Waals surface area (Å²) in [5.74, 6) is 1.11. The van der Waals surface area contributed by atoms with Gasteiger partial charge in [-0.05, 0) is 25.6 Å². The number of ether oxygens (including phenoxy) is 1. The maximum Gasteiger partial charge on any atom is 0.134 e. The van der Waals surface area contributed by atoms with E-state index in [1.54, 1.807) is 26.3 Å². The van der Waals surface area contributed by atoms with Crippen LogP contribution < -0.4 is 10.1 Å². The first-order chi connectivity index (χ1) is 8.22. The Morgan fingerprint density at radius 2 is 2.18 bits per heavy atom. The Morgan fingerprint density at radius 1 is 1.47 bits per heavy atom. The highest BCUT2D eigenvalue weighted by Crippen LogP contribution is 2.21. The van der Waals surface area contributed by atoms with Gasteiger partial charge in [0.1, 0.15) is 5.75 Å². The molecule has 5 heteroatoms. The molecular formula is C12H19NO3S. The van der Waals surface area contributed by atoms with Crippen LogP contribution >= 0.6 is 0 Å². The van der Waals surface area contributed by atoms with Gasteiger partial charge in [0.05, 0.1) is 22.8 Å². The normalized spacial score (nSPS) is 14.3. The Kier molecular flexibility index (Phi) is 6.18. The lowest BCUT2D eigenvalue weighted by molar-refractivity contribution is 0.272. The molecule has 0 saturated carbocycles. The van der Waals surface area contributed by atoms with E-state index in [0.717, 1.165) is 0 Å². The van der Waals surface area contributed by atoms with E-state index < -0.39 is 10.8 Å². The number of aliphatic hydroxyl groups excluding tert-OH is 1. The summed E-state index contributed by atoms with van der Waals surface area (Å²) in [7, 11) is 2.25. The Morgan fingerprint density at radius 3 is 2.76 bits per heavy atom. The fourth-order valence-electron chi connectivity index (χ4n) is 1.55. The minimum absolute atomic E-state index is 0.0470. The molecular weight excluding hydrogens is 238 g/mol. The summed E-state index contributed by atoms with van der Waals surface area (Å²) in [4.78, 5) is 0.702. The fourth-order valence-corrected chi connectivity index (χ4v) is 3.03. The van der Waals surface area contributed by atoms with Crippen molar-refractivity contribution in [3.05, 3.63) is 24.3 Å². The number of rotatable bonds is 7. The van der Waals surface area contributed by atoms with Gasteiger partial charge >= 0.3 is 0 Å². The van der Waals surface area contributed by atoms with Crippen molar-refractivity contribution in [1.82, 2.24) is 5.32 Å². The number of aliphatic hydroxyl groups is 1. The molecule has 1 aromatic rings. The zero-order valence-electron chi connectivity index (χ0n) is 10.2. The molecule has 0 aliphatic rings. The van der Waals surface area contributed by atoms with Crippen molar-refractivity contribution >= 4 is 10.8 Å². The molecule has 0 fully saturated rings. The second-order valence-corrected chi connectivity index (χ2v) is 5.13. The van der Waals surface area contributed by atoms with Crippen molar-refractivity contribution in [3.63, 3.8) is 0 Å². The molecule has 0 amide bonds. The first-order valence-electron chi connectivity index (χ1n) is 5.52. The van der Waals surface area contributed by atoms with Crippen LogP contribution in [-0.2, 0) is 10.8 Å². The molecule has 2 unspecified atom stereocenters. The molecule has 0 radical (unpaired) electrons. The van der Waals surface area contributed by atoms with Gasteiger partial charge in [0.2, 0.25) is 0 Å². The molecule has 0 aliphatic heterocycles. The molecule has 0 aromatic heterocycles. The van der Waals surface area contributed by atoms with Crippen LogP contribution in [0.3, 0.4) is 0 Å². The minimum Gasteiger partial charge on any atom is -0.495 e. The van der Waals surface area contributed by atoms with E-state index >= 15 is 0 Å². The third-order valence-electron chi connectivity index (χ3n) is 2.55. The molecule has 0 saturated heterocycles. The molecule has 0 spiro atoms. The summed E-state index contributed by atoms with van der Waals surface area (Å²) in [6.45, 7) is 0.0919. The number of methoxy groups -OCH3 is 1. The zero-order valence-corrected chi connectivity index (χ0v) is 11.0. The predicted octanol–water partition coefficient (Wildman–Crippen LogP) is 0.773. The fraction of sp³-hybridized carbons (Fsp3) is 0.500. The van der Waals surface area contributed by atoms with E-state index in [0.29, 0.717) is 22.8 Å². The Hall–Kier alpha value is -0.910. The van der Waals surface area contributed by atoms with Crippen molar-refractivity contribution < 1.29 is 14.1 Å². The molecule has 96 valence electrons. The standard InChI is InChI=1S/C12H19NO3S/c1-13-10(7-8-14)9-17(15)12-6-4-3-5-11(12)16-2/h3-6,10,13-14H,7-9H2,1-2H3. The van der Waals surface area contributed by atoms with Crippen LogP contribution in [0.5, 0.6) is 5.75 Å². The van der Waals surface area contributed by atoms with Crippen molar-refractivity contribution in [2.75, 3.05) is 26.5 Å². The smallest absolute Gasteiger partial charge is 0.134 e. The first-order valence-corrected chi connectivity index (χ1v) is 6.84. The Labute approximate surface area is 104 Å². The average molecular weight is 257 g/mol. The highest BCUT2D eigenvalue weighted by molar-refractivity contribution is 7.85. The topological polar surface area (TPSA) is 58.6 Å². The third kappa shape index (κ3) is 4.11. The third-order valence-corrected chi connectivity index (χ3v) is 4.09. The number of benzene rings is 1. The van der Waals surface area contributed by atoms with E-state index in [9.17, 15) is 4.21 Å². The molecule has 4 nitrogen and oxygen atoms in total. The quantitative estimate of drug-likeness (QED) is 0.757. The van der Waals surface area contributed by atoms with Crippen LogP contribution in [0.1, 0.15) is 6.42 Å². The number of hydrogen-bond donors (Lipinski definition) is 2. The molecule has 2 N–H and O–H groups in total. The van der Waals surface area contributed by atoms with Crippen LogP contribution in [-0.4, -0.2) is 41.9 Å². The van der Waals surface area contributed by atoms with Gasteiger partial charge in [-0.1, -0.05) is 12.1 Å². The number of hydrogen-bond acceptors (Lipinski definition) is 4. The maximum atomic E-state index is 12.2. The van der Waals surface area contributed by atoms with Crippen LogP contribution in [0.2, 0.25) is 0 Å². The van der Waals surface area contributed by atoms with Gasteiger partial charge in [-0.25, -0.2) is 0 Å². The summed E-state index contributed by atoms with van der Waals surface area (Å²) in [6.07, 6.45) is 0.595. The second kappa shape index (κ2) is 7.42.